The summed E-state index contributed by atoms with van der Waals surface area (Å²) < 4.78 is 39.5. The van der Waals surface area contributed by atoms with Crippen molar-refractivity contribution in [2.75, 3.05) is 18.0 Å². The van der Waals surface area contributed by atoms with E-state index in [1.807, 2.05) is 49.4 Å². The molecule has 0 aliphatic carbocycles. The van der Waals surface area contributed by atoms with E-state index in [4.69, 9.17) is 9.47 Å². The molecule has 34 heavy (non-hydrogen) atoms. The highest BCUT2D eigenvalue weighted by molar-refractivity contribution is 7.92. The fourth-order valence-corrected chi connectivity index (χ4v) is 5.35. The van der Waals surface area contributed by atoms with Gasteiger partial charge in [0, 0.05) is 12.6 Å². The van der Waals surface area contributed by atoms with Crippen molar-refractivity contribution in [1.82, 2.24) is 4.98 Å². The summed E-state index contributed by atoms with van der Waals surface area (Å²) in [6.07, 6.45) is 5.45. The first kappa shape index (κ1) is 23.5. The van der Waals surface area contributed by atoms with E-state index in [1.54, 1.807) is 36.5 Å². The van der Waals surface area contributed by atoms with E-state index in [0.29, 0.717) is 17.9 Å². The van der Waals surface area contributed by atoms with Crippen molar-refractivity contribution >= 4 is 33.8 Å². The predicted molar refractivity (Wildman–Crippen MR) is 131 cm³/mol. The highest BCUT2D eigenvalue weighted by Gasteiger charge is 2.35. The van der Waals surface area contributed by atoms with Crippen molar-refractivity contribution in [3.63, 3.8) is 0 Å². The molecule has 4 rings (SSSR count). The number of benzene rings is 2. The first-order valence-electron chi connectivity index (χ1n) is 10.9. The van der Waals surface area contributed by atoms with Crippen LogP contribution in [0.2, 0.25) is 0 Å². The van der Waals surface area contributed by atoms with Gasteiger partial charge in [0.25, 0.3) is 10.0 Å². The second-order valence-corrected chi connectivity index (χ2v) is 9.88. The SMILES string of the molecule is COC(=O)CC[C@H]1CN(S(=O)(=O)c2cccc(C)c2)c2cc(/C=C/c3ccccn3)ccc2O1. The van der Waals surface area contributed by atoms with Gasteiger partial charge in [0.2, 0.25) is 0 Å². The van der Waals surface area contributed by atoms with Crippen LogP contribution in [0.3, 0.4) is 0 Å². The number of pyridine rings is 1. The molecule has 1 aliphatic heterocycles. The number of hydrogen-bond acceptors (Lipinski definition) is 6. The maximum Gasteiger partial charge on any atom is 0.305 e. The summed E-state index contributed by atoms with van der Waals surface area (Å²) in [7, 11) is -2.53. The number of aromatic nitrogens is 1. The Kier molecular flexibility index (Phi) is 6.98. The lowest BCUT2D eigenvalue weighted by atomic mass is 10.1. The van der Waals surface area contributed by atoms with Crippen molar-refractivity contribution in [2.24, 2.45) is 0 Å². The van der Waals surface area contributed by atoms with Gasteiger partial charge >= 0.3 is 5.97 Å². The molecule has 2 aromatic carbocycles. The molecular formula is C26H26N2O5S. The Morgan fingerprint density at radius 1 is 1.15 bits per heavy atom. The first-order valence-corrected chi connectivity index (χ1v) is 12.4. The lowest BCUT2D eigenvalue weighted by Gasteiger charge is -2.35. The molecule has 0 fully saturated rings. The Hall–Kier alpha value is -3.65. The minimum atomic E-state index is -3.86. The molecule has 0 amide bonds. The van der Waals surface area contributed by atoms with E-state index in [2.05, 4.69) is 4.98 Å². The molecule has 0 bridgehead atoms. The van der Waals surface area contributed by atoms with E-state index in [0.717, 1.165) is 16.8 Å². The summed E-state index contributed by atoms with van der Waals surface area (Å²) in [5.41, 5.74) is 2.91. The van der Waals surface area contributed by atoms with Crippen LogP contribution in [0.5, 0.6) is 5.75 Å². The molecule has 8 heteroatoms. The Bertz CT molecular complexity index is 1310. The first-order chi connectivity index (χ1) is 16.4. The minimum Gasteiger partial charge on any atom is -0.486 e. The maximum absolute atomic E-state index is 13.7. The molecule has 0 saturated heterocycles. The quantitative estimate of drug-likeness (QED) is 0.466. The van der Waals surface area contributed by atoms with Gasteiger partial charge in [-0.2, -0.15) is 0 Å². The number of rotatable bonds is 7. The smallest absolute Gasteiger partial charge is 0.305 e. The molecule has 0 N–H and O–H groups in total. The number of sulfonamides is 1. The average Bonchev–Trinajstić information content (AvgIpc) is 2.86. The number of hydrogen-bond donors (Lipinski definition) is 0. The third-order valence-electron chi connectivity index (χ3n) is 5.52. The van der Waals surface area contributed by atoms with Crippen LogP contribution in [-0.2, 0) is 19.6 Å². The molecule has 1 aromatic heterocycles. The van der Waals surface area contributed by atoms with Crippen LogP contribution in [-0.4, -0.2) is 39.1 Å². The van der Waals surface area contributed by atoms with Gasteiger partial charge < -0.3 is 9.47 Å². The summed E-state index contributed by atoms with van der Waals surface area (Å²) in [6, 6.07) is 17.9. The van der Waals surface area contributed by atoms with Gasteiger partial charge in [-0.15, -0.1) is 0 Å². The third-order valence-corrected chi connectivity index (χ3v) is 7.30. The minimum absolute atomic E-state index is 0.0910. The molecule has 0 spiro atoms. The van der Waals surface area contributed by atoms with Crippen molar-refractivity contribution in [3.05, 3.63) is 83.7 Å². The van der Waals surface area contributed by atoms with E-state index >= 15 is 0 Å². The highest BCUT2D eigenvalue weighted by Crippen LogP contribution is 2.39. The second-order valence-electron chi connectivity index (χ2n) is 8.02. The molecule has 1 atom stereocenters. The molecule has 0 radical (unpaired) electrons. The Morgan fingerprint density at radius 2 is 2.00 bits per heavy atom. The zero-order valence-corrected chi connectivity index (χ0v) is 19.9. The number of esters is 1. The van der Waals surface area contributed by atoms with Crippen LogP contribution in [0.4, 0.5) is 5.69 Å². The Morgan fingerprint density at radius 3 is 2.74 bits per heavy atom. The number of ether oxygens (including phenoxy) is 2. The van der Waals surface area contributed by atoms with Gasteiger partial charge in [0.15, 0.2) is 0 Å². The Balaban J connectivity index is 1.71. The van der Waals surface area contributed by atoms with E-state index < -0.39 is 16.1 Å². The fraction of sp³-hybridized carbons (Fsp3) is 0.231. The lowest BCUT2D eigenvalue weighted by Crippen LogP contribution is -2.43. The van der Waals surface area contributed by atoms with Crippen LogP contribution in [0.25, 0.3) is 12.2 Å². The summed E-state index contributed by atoms with van der Waals surface area (Å²) in [6.45, 7) is 1.94. The van der Waals surface area contributed by atoms with Gasteiger partial charge in [-0.25, -0.2) is 8.42 Å². The van der Waals surface area contributed by atoms with Gasteiger partial charge in [-0.05, 0) is 66.9 Å². The van der Waals surface area contributed by atoms with Crippen LogP contribution in [0.15, 0.2) is 71.8 Å². The van der Waals surface area contributed by atoms with Gasteiger partial charge in [-0.1, -0.05) is 30.3 Å². The number of methoxy groups -OCH3 is 1. The van der Waals surface area contributed by atoms with E-state index in [9.17, 15) is 13.2 Å². The van der Waals surface area contributed by atoms with Gasteiger partial charge in [0.05, 0.1) is 29.9 Å². The second kappa shape index (κ2) is 10.1. The van der Waals surface area contributed by atoms with Crippen molar-refractivity contribution in [1.29, 1.82) is 0 Å². The standard InChI is InChI=1S/C26H26N2O5S/c1-19-6-5-8-23(16-19)34(30,31)28-18-22(12-14-26(29)32-2)33-25-13-10-20(17-24(25)28)9-11-21-7-3-4-15-27-21/h3-11,13,15-17,22H,12,14,18H2,1-2H3/b11-9+/t22-/m0/s1. The van der Waals surface area contributed by atoms with Gasteiger partial charge in [0.1, 0.15) is 11.9 Å². The number of anilines is 1. The monoisotopic (exact) mass is 478 g/mol. The summed E-state index contributed by atoms with van der Waals surface area (Å²) in [4.78, 5) is 16.1. The molecular weight excluding hydrogens is 452 g/mol. The molecule has 1 aliphatic rings. The summed E-state index contributed by atoms with van der Waals surface area (Å²) in [5.74, 6) is 0.0878. The molecule has 2 heterocycles. The Labute approximate surface area is 199 Å². The summed E-state index contributed by atoms with van der Waals surface area (Å²) in [5, 5.41) is 0. The normalized spacial score (nSPS) is 15.6. The van der Waals surface area contributed by atoms with Crippen molar-refractivity contribution in [3.8, 4) is 5.75 Å². The number of nitrogens with zero attached hydrogens (tertiary/aromatic N) is 2. The molecule has 7 nitrogen and oxygen atoms in total. The number of carbonyl (C=O) groups excluding carboxylic acids is 1. The van der Waals surface area contributed by atoms with Crippen LogP contribution < -0.4 is 9.04 Å². The highest BCUT2D eigenvalue weighted by atomic mass is 32.2. The predicted octanol–water partition coefficient (Wildman–Crippen LogP) is 4.47. The summed E-state index contributed by atoms with van der Waals surface area (Å²) >= 11 is 0. The van der Waals surface area contributed by atoms with E-state index in [1.165, 1.54) is 11.4 Å². The largest absolute Gasteiger partial charge is 0.486 e. The van der Waals surface area contributed by atoms with Crippen molar-refractivity contribution in [2.45, 2.75) is 30.8 Å². The van der Waals surface area contributed by atoms with Gasteiger partial charge in [-0.3, -0.25) is 14.1 Å². The molecule has 176 valence electrons. The fourth-order valence-electron chi connectivity index (χ4n) is 3.75. The zero-order chi connectivity index (χ0) is 24.1. The van der Waals surface area contributed by atoms with E-state index in [-0.39, 0.29) is 23.8 Å². The van der Waals surface area contributed by atoms with Crippen LogP contribution >= 0.6 is 0 Å². The zero-order valence-electron chi connectivity index (χ0n) is 19.0. The van der Waals surface area contributed by atoms with Crippen molar-refractivity contribution < 1.29 is 22.7 Å². The average molecular weight is 479 g/mol. The third kappa shape index (κ3) is 5.28. The number of aryl methyl sites for hydroxylation is 1. The van der Waals surface area contributed by atoms with Crippen LogP contribution in [0, 0.1) is 6.92 Å². The molecule has 0 unspecified atom stereocenters. The number of fused-ring (bicyclic) bond motifs is 1. The number of carbonyl (C=O) groups is 1. The molecule has 0 saturated carbocycles. The lowest BCUT2D eigenvalue weighted by molar-refractivity contribution is -0.141. The molecule has 3 aromatic rings. The van der Waals surface area contributed by atoms with Crippen LogP contribution in [0.1, 0.15) is 29.7 Å². The topological polar surface area (TPSA) is 85.8 Å². The maximum atomic E-state index is 13.7.